The Morgan fingerprint density at radius 2 is 2.05 bits per heavy atom. The molecule has 2 unspecified atom stereocenters. The fourth-order valence-electron chi connectivity index (χ4n) is 2.77. The van der Waals surface area contributed by atoms with Gasteiger partial charge in [-0.2, -0.15) is 0 Å². The zero-order valence-electron chi connectivity index (χ0n) is 13.1. The van der Waals surface area contributed by atoms with Crippen molar-refractivity contribution in [1.82, 2.24) is 5.32 Å². The van der Waals surface area contributed by atoms with Crippen molar-refractivity contribution in [2.24, 2.45) is 0 Å². The zero-order valence-corrected chi connectivity index (χ0v) is 13.1. The van der Waals surface area contributed by atoms with Gasteiger partial charge in [-0.15, -0.1) is 0 Å². The van der Waals surface area contributed by atoms with Gasteiger partial charge in [0.25, 0.3) is 0 Å². The highest BCUT2D eigenvalue weighted by Gasteiger charge is 2.37. The molecule has 2 rings (SSSR count). The second-order valence-corrected chi connectivity index (χ2v) is 5.46. The highest BCUT2D eigenvalue weighted by molar-refractivity contribution is 5.53. The van der Waals surface area contributed by atoms with Crippen molar-refractivity contribution < 1.29 is 14.2 Å². The highest BCUT2D eigenvalue weighted by atomic mass is 16.5. The third-order valence-corrected chi connectivity index (χ3v) is 4.07. The second kappa shape index (κ2) is 5.92. The van der Waals surface area contributed by atoms with Crippen LogP contribution in [-0.2, 0) is 0 Å². The molecule has 0 saturated heterocycles. The maximum atomic E-state index is 6.23. The number of benzene rings is 1. The normalized spacial score (nSPS) is 24.8. The predicted octanol–water partition coefficient (Wildman–Crippen LogP) is 3.31. The predicted molar refractivity (Wildman–Crippen MR) is 79.9 cm³/mol. The molecular weight excluding hydrogens is 254 g/mol. The van der Waals surface area contributed by atoms with Crippen LogP contribution in [0.5, 0.6) is 17.2 Å². The van der Waals surface area contributed by atoms with Gasteiger partial charge in [0.15, 0.2) is 0 Å². The number of methoxy groups -OCH3 is 2. The molecule has 0 fully saturated rings. The summed E-state index contributed by atoms with van der Waals surface area (Å²) in [5, 5.41) is 3.54. The first-order valence-electron chi connectivity index (χ1n) is 7.25. The average Bonchev–Trinajstić information content (AvgIpc) is 2.45. The van der Waals surface area contributed by atoms with Crippen LogP contribution in [0.4, 0.5) is 0 Å². The van der Waals surface area contributed by atoms with Gasteiger partial charge in [-0.05, 0) is 19.9 Å². The summed E-state index contributed by atoms with van der Waals surface area (Å²) in [5.74, 6) is 2.45. The van der Waals surface area contributed by atoms with E-state index in [1.165, 1.54) is 0 Å². The van der Waals surface area contributed by atoms with Crippen LogP contribution in [0.2, 0.25) is 0 Å². The van der Waals surface area contributed by atoms with Gasteiger partial charge in [-0.1, -0.05) is 13.8 Å². The Morgan fingerprint density at radius 1 is 1.30 bits per heavy atom. The summed E-state index contributed by atoms with van der Waals surface area (Å²) in [7, 11) is 3.34. The molecule has 112 valence electrons. The van der Waals surface area contributed by atoms with Gasteiger partial charge < -0.3 is 19.5 Å². The summed E-state index contributed by atoms with van der Waals surface area (Å²) in [5.41, 5.74) is 0.943. The van der Waals surface area contributed by atoms with Crippen molar-refractivity contribution in [3.63, 3.8) is 0 Å². The van der Waals surface area contributed by atoms with Crippen molar-refractivity contribution in [2.75, 3.05) is 20.8 Å². The van der Waals surface area contributed by atoms with E-state index in [1.807, 2.05) is 12.1 Å². The zero-order chi connectivity index (χ0) is 14.8. The van der Waals surface area contributed by atoms with Crippen LogP contribution >= 0.6 is 0 Å². The quantitative estimate of drug-likeness (QED) is 0.897. The van der Waals surface area contributed by atoms with Gasteiger partial charge in [0.1, 0.15) is 22.8 Å². The molecule has 0 saturated carbocycles. The molecule has 1 aliphatic heterocycles. The third kappa shape index (κ3) is 2.70. The SMILES string of the molecule is CCNC1CC(C)(CC)Oc2cc(OC)cc(OC)c21. The molecule has 4 nitrogen and oxygen atoms in total. The molecule has 0 bridgehead atoms. The Balaban J connectivity index is 2.52. The van der Waals surface area contributed by atoms with Crippen LogP contribution in [-0.4, -0.2) is 26.4 Å². The molecule has 0 aromatic heterocycles. The van der Waals surface area contributed by atoms with Crippen molar-refractivity contribution >= 4 is 0 Å². The summed E-state index contributed by atoms with van der Waals surface area (Å²) in [6, 6.07) is 4.12. The molecule has 0 aliphatic carbocycles. The van der Waals surface area contributed by atoms with E-state index in [2.05, 4.69) is 26.1 Å². The monoisotopic (exact) mass is 279 g/mol. The van der Waals surface area contributed by atoms with E-state index in [9.17, 15) is 0 Å². The fraction of sp³-hybridized carbons (Fsp3) is 0.625. The summed E-state index contributed by atoms with van der Waals surface area (Å²) in [6.45, 7) is 7.35. The maximum absolute atomic E-state index is 6.23. The van der Waals surface area contributed by atoms with Crippen LogP contribution in [0, 0.1) is 0 Å². The second-order valence-electron chi connectivity index (χ2n) is 5.46. The number of fused-ring (bicyclic) bond motifs is 1. The first kappa shape index (κ1) is 15.0. The number of hydrogen-bond donors (Lipinski definition) is 1. The van der Waals surface area contributed by atoms with Gasteiger partial charge in [0.2, 0.25) is 0 Å². The van der Waals surface area contributed by atoms with E-state index >= 15 is 0 Å². The molecule has 1 aromatic carbocycles. The maximum Gasteiger partial charge on any atom is 0.132 e. The lowest BCUT2D eigenvalue weighted by Gasteiger charge is -2.40. The van der Waals surface area contributed by atoms with Gasteiger partial charge in [-0.3, -0.25) is 0 Å². The van der Waals surface area contributed by atoms with E-state index in [-0.39, 0.29) is 11.6 Å². The van der Waals surface area contributed by atoms with Crippen molar-refractivity contribution in [3.05, 3.63) is 17.7 Å². The lowest BCUT2D eigenvalue weighted by atomic mass is 9.86. The summed E-state index contributed by atoms with van der Waals surface area (Å²) < 4.78 is 17.1. The lowest BCUT2D eigenvalue weighted by molar-refractivity contribution is 0.0432. The standard InChI is InChI=1S/C16H25NO3/c1-6-16(3)10-12(17-7-2)15-13(19-5)8-11(18-4)9-14(15)20-16/h8-9,12,17H,6-7,10H2,1-5H3. The molecule has 2 atom stereocenters. The van der Waals surface area contributed by atoms with Gasteiger partial charge in [0, 0.05) is 24.6 Å². The number of rotatable bonds is 5. The minimum Gasteiger partial charge on any atom is -0.496 e. The Kier molecular flexibility index (Phi) is 4.43. The average molecular weight is 279 g/mol. The smallest absolute Gasteiger partial charge is 0.132 e. The van der Waals surface area contributed by atoms with Crippen LogP contribution in [0.3, 0.4) is 0 Å². The third-order valence-electron chi connectivity index (χ3n) is 4.07. The summed E-state index contributed by atoms with van der Waals surface area (Å²) in [6.07, 6.45) is 1.90. The molecule has 1 N–H and O–H groups in total. The molecule has 1 aromatic rings. The molecule has 1 heterocycles. The fourth-order valence-corrected chi connectivity index (χ4v) is 2.77. The molecule has 20 heavy (non-hydrogen) atoms. The Morgan fingerprint density at radius 3 is 2.60 bits per heavy atom. The van der Waals surface area contributed by atoms with E-state index < -0.39 is 0 Å². The first-order chi connectivity index (χ1) is 9.56. The van der Waals surface area contributed by atoms with Crippen LogP contribution in [0.25, 0.3) is 0 Å². The van der Waals surface area contributed by atoms with Crippen molar-refractivity contribution in [1.29, 1.82) is 0 Å². The molecule has 0 spiro atoms. The summed E-state index contributed by atoms with van der Waals surface area (Å²) in [4.78, 5) is 0. The van der Waals surface area contributed by atoms with E-state index in [1.54, 1.807) is 14.2 Å². The molecule has 0 amide bonds. The Hall–Kier alpha value is -1.42. The Bertz CT molecular complexity index is 475. The summed E-state index contributed by atoms with van der Waals surface area (Å²) >= 11 is 0. The van der Waals surface area contributed by atoms with E-state index in [0.717, 1.165) is 42.2 Å². The first-order valence-corrected chi connectivity index (χ1v) is 7.25. The number of nitrogens with one attached hydrogen (secondary N) is 1. The topological polar surface area (TPSA) is 39.7 Å². The van der Waals surface area contributed by atoms with Crippen molar-refractivity contribution in [3.8, 4) is 17.2 Å². The largest absolute Gasteiger partial charge is 0.496 e. The van der Waals surface area contributed by atoms with Crippen LogP contribution in [0.1, 0.15) is 45.2 Å². The lowest BCUT2D eigenvalue weighted by Crippen LogP contribution is -2.41. The van der Waals surface area contributed by atoms with E-state index in [0.29, 0.717) is 0 Å². The van der Waals surface area contributed by atoms with Crippen LogP contribution in [0.15, 0.2) is 12.1 Å². The minimum atomic E-state index is -0.156. The van der Waals surface area contributed by atoms with Gasteiger partial charge in [0.05, 0.1) is 19.8 Å². The minimum absolute atomic E-state index is 0.156. The van der Waals surface area contributed by atoms with Gasteiger partial charge >= 0.3 is 0 Å². The molecule has 4 heteroatoms. The molecule has 1 aliphatic rings. The molecular formula is C16H25NO3. The van der Waals surface area contributed by atoms with Crippen LogP contribution < -0.4 is 19.5 Å². The van der Waals surface area contributed by atoms with Crippen molar-refractivity contribution in [2.45, 2.75) is 45.3 Å². The van der Waals surface area contributed by atoms with Gasteiger partial charge in [-0.25, -0.2) is 0 Å². The van der Waals surface area contributed by atoms with E-state index in [4.69, 9.17) is 14.2 Å². The number of ether oxygens (including phenoxy) is 3. The Labute approximate surface area is 121 Å². The highest BCUT2D eigenvalue weighted by Crippen LogP contribution is 2.47. The molecule has 0 radical (unpaired) electrons. The number of hydrogen-bond acceptors (Lipinski definition) is 4.